The third-order valence-corrected chi connectivity index (χ3v) is 5.12. The van der Waals surface area contributed by atoms with Crippen molar-refractivity contribution in [1.29, 1.82) is 0 Å². The van der Waals surface area contributed by atoms with Crippen LogP contribution in [0.2, 0.25) is 0 Å². The summed E-state index contributed by atoms with van der Waals surface area (Å²) in [5, 5.41) is 7.09. The van der Waals surface area contributed by atoms with Gasteiger partial charge in [0.15, 0.2) is 0 Å². The van der Waals surface area contributed by atoms with Gasteiger partial charge >= 0.3 is 0 Å². The zero-order valence-electron chi connectivity index (χ0n) is 15.9. The lowest BCUT2D eigenvalue weighted by atomic mass is 10.1. The Bertz CT molecular complexity index is 697. The van der Waals surface area contributed by atoms with Gasteiger partial charge in [-0.2, -0.15) is 5.10 Å². The molecule has 4 rings (SSSR count). The maximum Gasteiger partial charge on any atom is 0.211 e. The van der Waals surface area contributed by atoms with Gasteiger partial charge in [0.25, 0.3) is 0 Å². The molecule has 0 unspecified atom stereocenters. The van der Waals surface area contributed by atoms with Gasteiger partial charge in [0.1, 0.15) is 0 Å². The molecule has 1 saturated heterocycles. The van der Waals surface area contributed by atoms with E-state index in [0.29, 0.717) is 6.41 Å². The summed E-state index contributed by atoms with van der Waals surface area (Å²) in [5.74, 6) is 0.787. The molecule has 140 valence electrons. The average molecular weight is 354 g/mol. The van der Waals surface area contributed by atoms with Crippen LogP contribution in [-0.2, 0) is 18.4 Å². The molecule has 2 aliphatic rings. The fourth-order valence-electron chi connectivity index (χ4n) is 3.47. The molecule has 2 aromatic rings. The van der Waals surface area contributed by atoms with Gasteiger partial charge in [-0.15, -0.1) is 0 Å². The highest BCUT2D eigenvalue weighted by Crippen LogP contribution is 2.40. The van der Waals surface area contributed by atoms with Gasteiger partial charge < -0.3 is 5.32 Å². The minimum atomic E-state index is 0.701. The number of hydrogen-bond acceptors (Lipinski definition) is 3. The van der Waals surface area contributed by atoms with Crippen molar-refractivity contribution in [3.63, 3.8) is 0 Å². The van der Waals surface area contributed by atoms with Crippen LogP contribution >= 0.6 is 0 Å². The Balaban J connectivity index is 0.000000152. The summed E-state index contributed by atoms with van der Waals surface area (Å²) >= 11 is 0. The quantitative estimate of drug-likeness (QED) is 0.830. The van der Waals surface area contributed by atoms with Crippen molar-refractivity contribution in [1.82, 2.24) is 14.7 Å². The van der Waals surface area contributed by atoms with Gasteiger partial charge in [-0.3, -0.25) is 14.4 Å². The van der Waals surface area contributed by atoms with E-state index in [9.17, 15) is 4.79 Å². The molecule has 5 nitrogen and oxygen atoms in total. The number of aromatic nitrogens is 2. The van der Waals surface area contributed by atoms with E-state index in [2.05, 4.69) is 40.6 Å². The Morgan fingerprint density at radius 1 is 1.15 bits per heavy atom. The number of nitrogens with zero attached hydrogens (tertiary/aromatic N) is 3. The van der Waals surface area contributed by atoms with E-state index < -0.39 is 0 Å². The highest BCUT2D eigenvalue weighted by Gasteiger charge is 2.22. The molecule has 0 atom stereocenters. The van der Waals surface area contributed by atoms with E-state index in [-0.39, 0.29) is 0 Å². The van der Waals surface area contributed by atoms with Crippen molar-refractivity contribution >= 4 is 12.1 Å². The van der Waals surface area contributed by atoms with Gasteiger partial charge in [-0.05, 0) is 74.9 Å². The summed E-state index contributed by atoms with van der Waals surface area (Å²) in [5.41, 5.74) is 4.83. The molecular weight excluding hydrogens is 324 g/mol. The zero-order chi connectivity index (χ0) is 18.4. The summed E-state index contributed by atoms with van der Waals surface area (Å²) in [7, 11) is 1.99. The van der Waals surface area contributed by atoms with Crippen LogP contribution in [0.1, 0.15) is 54.8 Å². The molecule has 26 heavy (non-hydrogen) atoms. The Hall–Kier alpha value is -2.14. The number of benzene rings is 1. The lowest BCUT2D eigenvalue weighted by Gasteiger charge is -2.25. The number of hydrogen-bond donors (Lipinski definition) is 1. The number of rotatable bonds is 5. The SMILES string of the molecule is Cc1cn(C)nc1CN1CCCCC1.O=CNc1ccc(C2CC2)cc1. The van der Waals surface area contributed by atoms with E-state index in [1.54, 1.807) is 0 Å². The van der Waals surface area contributed by atoms with Crippen LogP contribution in [0.25, 0.3) is 0 Å². The molecular formula is C21H30N4O. The molecule has 1 amide bonds. The average Bonchev–Trinajstić information content (AvgIpc) is 3.44. The first-order valence-corrected chi connectivity index (χ1v) is 9.67. The largest absolute Gasteiger partial charge is 0.329 e. The molecule has 1 saturated carbocycles. The smallest absolute Gasteiger partial charge is 0.211 e. The Kier molecular flexibility index (Phi) is 6.45. The molecule has 0 spiro atoms. The number of likely N-dealkylation sites (tertiary alicyclic amines) is 1. The topological polar surface area (TPSA) is 50.2 Å². The van der Waals surface area contributed by atoms with E-state index in [4.69, 9.17) is 0 Å². The van der Waals surface area contributed by atoms with Crippen LogP contribution < -0.4 is 5.32 Å². The maximum atomic E-state index is 10.1. The second-order valence-electron chi connectivity index (χ2n) is 7.43. The zero-order valence-corrected chi connectivity index (χ0v) is 15.9. The second kappa shape index (κ2) is 8.99. The first kappa shape index (κ1) is 18.6. The fraction of sp³-hybridized carbons (Fsp3) is 0.524. The van der Waals surface area contributed by atoms with Gasteiger partial charge in [0.2, 0.25) is 6.41 Å². The van der Waals surface area contributed by atoms with Crippen molar-refractivity contribution in [2.75, 3.05) is 18.4 Å². The summed E-state index contributed by atoms with van der Waals surface area (Å²) < 4.78 is 1.91. The van der Waals surface area contributed by atoms with E-state index in [1.165, 1.54) is 62.0 Å². The summed E-state index contributed by atoms with van der Waals surface area (Å²) in [6.45, 7) is 5.67. The van der Waals surface area contributed by atoms with Crippen LogP contribution in [0.3, 0.4) is 0 Å². The predicted octanol–water partition coefficient (Wildman–Crippen LogP) is 3.85. The van der Waals surface area contributed by atoms with Crippen LogP contribution in [0, 0.1) is 6.92 Å². The summed E-state index contributed by atoms with van der Waals surface area (Å²) in [6, 6.07) is 8.07. The van der Waals surface area contributed by atoms with E-state index in [0.717, 1.165) is 18.2 Å². The van der Waals surface area contributed by atoms with Gasteiger partial charge in [-0.1, -0.05) is 18.6 Å². The van der Waals surface area contributed by atoms with Crippen molar-refractivity contribution in [3.05, 3.63) is 47.3 Å². The fourth-order valence-corrected chi connectivity index (χ4v) is 3.47. The molecule has 1 aliphatic carbocycles. The number of nitrogens with one attached hydrogen (secondary N) is 1. The van der Waals surface area contributed by atoms with Crippen LogP contribution in [0.5, 0.6) is 0 Å². The molecule has 0 radical (unpaired) electrons. The molecule has 2 fully saturated rings. The molecule has 1 aliphatic heterocycles. The Morgan fingerprint density at radius 2 is 1.85 bits per heavy atom. The first-order chi connectivity index (χ1) is 12.7. The second-order valence-corrected chi connectivity index (χ2v) is 7.43. The number of carbonyl (C=O) groups excluding carboxylic acids is 1. The van der Waals surface area contributed by atoms with Crippen molar-refractivity contribution in [2.45, 2.75) is 51.5 Å². The summed E-state index contributed by atoms with van der Waals surface area (Å²) in [6.07, 6.45) is 9.54. The molecule has 1 aromatic carbocycles. The molecule has 1 aromatic heterocycles. The van der Waals surface area contributed by atoms with Gasteiger partial charge in [0, 0.05) is 25.5 Å². The first-order valence-electron chi connectivity index (χ1n) is 9.67. The lowest BCUT2D eigenvalue weighted by molar-refractivity contribution is -0.105. The predicted molar refractivity (Wildman–Crippen MR) is 105 cm³/mol. The minimum absolute atomic E-state index is 0.701. The van der Waals surface area contributed by atoms with E-state index in [1.807, 2.05) is 23.9 Å². The molecule has 1 N–H and O–H groups in total. The highest BCUT2D eigenvalue weighted by atomic mass is 16.1. The normalized spacial score (nSPS) is 17.3. The third-order valence-electron chi connectivity index (χ3n) is 5.12. The highest BCUT2D eigenvalue weighted by molar-refractivity contribution is 5.71. The standard InChI is InChI=1S/C11H19N3.C10H11NO/c1-10-8-13(2)12-11(10)9-14-6-4-3-5-7-14;12-7-11-10-5-3-9(4-6-10)8-1-2-8/h8H,3-7,9H2,1-2H3;3-8H,1-2H2,(H,11,12). The Morgan fingerprint density at radius 3 is 2.38 bits per heavy atom. The maximum absolute atomic E-state index is 10.1. The van der Waals surface area contributed by atoms with Crippen molar-refractivity contribution < 1.29 is 4.79 Å². The number of piperidine rings is 1. The van der Waals surface area contributed by atoms with E-state index >= 15 is 0 Å². The molecule has 2 heterocycles. The lowest BCUT2D eigenvalue weighted by Crippen LogP contribution is -2.29. The number of aryl methyl sites for hydroxylation is 2. The summed E-state index contributed by atoms with van der Waals surface area (Å²) in [4.78, 5) is 12.6. The number of carbonyl (C=O) groups is 1. The van der Waals surface area contributed by atoms with Crippen LogP contribution in [0.4, 0.5) is 5.69 Å². The van der Waals surface area contributed by atoms with Crippen molar-refractivity contribution in [2.24, 2.45) is 7.05 Å². The van der Waals surface area contributed by atoms with Crippen molar-refractivity contribution in [3.8, 4) is 0 Å². The third kappa shape index (κ3) is 5.43. The van der Waals surface area contributed by atoms with Crippen LogP contribution in [-0.4, -0.2) is 34.2 Å². The number of anilines is 1. The number of amides is 1. The molecule has 0 bridgehead atoms. The Labute approximate surface area is 156 Å². The molecule has 5 heteroatoms. The van der Waals surface area contributed by atoms with Gasteiger partial charge in [-0.25, -0.2) is 0 Å². The van der Waals surface area contributed by atoms with Gasteiger partial charge in [0.05, 0.1) is 5.69 Å². The minimum Gasteiger partial charge on any atom is -0.329 e. The monoisotopic (exact) mass is 354 g/mol. The van der Waals surface area contributed by atoms with Crippen LogP contribution in [0.15, 0.2) is 30.5 Å².